The quantitative estimate of drug-likeness (QED) is 0.609. The number of carbonyl (C=O) groups excluding carboxylic acids is 1. The van der Waals surface area contributed by atoms with Crippen molar-refractivity contribution in [2.45, 2.75) is 11.3 Å². The van der Waals surface area contributed by atoms with Gasteiger partial charge in [-0.15, -0.1) is 11.3 Å². The van der Waals surface area contributed by atoms with Crippen molar-refractivity contribution in [3.63, 3.8) is 0 Å². The van der Waals surface area contributed by atoms with Crippen molar-refractivity contribution in [1.82, 2.24) is 0 Å². The van der Waals surface area contributed by atoms with Crippen LogP contribution in [0.3, 0.4) is 0 Å². The maximum absolute atomic E-state index is 11.5. The van der Waals surface area contributed by atoms with Crippen LogP contribution in [0.5, 0.6) is 5.75 Å². The summed E-state index contributed by atoms with van der Waals surface area (Å²) in [6, 6.07) is 9.44. The molecule has 0 saturated heterocycles. The molecule has 2 N–H and O–H groups in total. The molecule has 8 heteroatoms. The minimum absolute atomic E-state index is 0.0159. The third-order valence-electron chi connectivity index (χ3n) is 2.67. The lowest BCUT2D eigenvalue weighted by molar-refractivity contribution is -0.143. The van der Waals surface area contributed by atoms with E-state index < -0.39 is 10.0 Å². The van der Waals surface area contributed by atoms with E-state index in [0.717, 1.165) is 4.88 Å². The molecular formula is C14H15NO5S2. The molecule has 2 aromatic rings. The summed E-state index contributed by atoms with van der Waals surface area (Å²) in [6.07, 6.45) is 0.251. The monoisotopic (exact) mass is 341 g/mol. The summed E-state index contributed by atoms with van der Waals surface area (Å²) in [5.41, 5.74) is 0. The van der Waals surface area contributed by atoms with Gasteiger partial charge in [-0.25, -0.2) is 13.6 Å². The topological polar surface area (TPSA) is 95.7 Å². The van der Waals surface area contributed by atoms with Gasteiger partial charge in [-0.2, -0.15) is 0 Å². The van der Waals surface area contributed by atoms with Gasteiger partial charge in [0.1, 0.15) is 19.0 Å². The fraction of sp³-hybridized carbons (Fsp3) is 0.214. The SMILES string of the molecule is NS(=O)(=O)c1ccc(OCCOC(=O)Cc2cccs2)cc1. The first-order chi connectivity index (χ1) is 10.4. The molecule has 22 heavy (non-hydrogen) atoms. The van der Waals surface area contributed by atoms with Gasteiger partial charge in [0.2, 0.25) is 10.0 Å². The van der Waals surface area contributed by atoms with Gasteiger partial charge in [-0.05, 0) is 35.7 Å². The van der Waals surface area contributed by atoms with Crippen LogP contribution in [0, 0.1) is 0 Å². The lowest BCUT2D eigenvalue weighted by Gasteiger charge is -2.07. The standard InChI is InChI=1S/C14H15NO5S2/c15-22(17,18)13-5-3-11(4-6-13)19-7-8-20-14(16)10-12-2-1-9-21-12/h1-6,9H,7-8,10H2,(H2,15,17,18). The van der Waals surface area contributed by atoms with E-state index >= 15 is 0 Å². The van der Waals surface area contributed by atoms with Crippen LogP contribution in [-0.2, 0) is 26.0 Å². The largest absolute Gasteiger partial charge is 0.490 e. The molecule has 0 saturated carbocycles. The number of esters is 1. The zero-order valence-corrected chi connectivity index (χ0v) is 13.2. The van der Waals surface area contributed by atoms with Crippen molar-refractivity contribution in [2.24, 2.45) is 5.14 Å². The first-order valence-corrected chi connectivity index (χ1v) is 8.81. The minimum Gasteiger partial charge on any atom is -0.490 e. The van der Waals surface area contributed by atoms with Gasteiger partial charge in [-0.3, -0.25) is 4.79 Å². The third kappa shape index (κ3) is 5.14. The van der Waals surface area contributed by atoms with E-state index in [4.69, 9.17) is 14.6 Å². The highest BCUT2D eigenvalue weighted by Crippen LogP contribution is 2.14. The first-order valence-electron chi connectivity index (χ1n) is 6.39. The molecule has 0 bridgehead atoms. The van der Waals surface area contributed by atoms with Crippen LogP contribution in [0.25, 0.3) is 0 Å². The Labute approximate surface area is 132 Å². The summed E-state index contributed by atoms with van der Waals surface area (Å²) < 4.78 is 32.6. The molecule has 0 radical (unpaired) electrons. The maximum atomic E-state index is 11.5. The maximum Gasteiger partial charge on any atom is 0.311 e. The molecule has 0 unspecified atom stereocenters. The zero-order valence-electron chi connectivity index (χ0n) is 11.6. The Morgan fingerprint density at radius 1 is 1.14 bits per heavy atom. The summed E-state index contributed by atoms with van der Waals surface area (Å²) in [6.45, 7) is 0.312. The fourth-order valence-corrected chi connectivity index (χ4v) is 2.85. The Morgan fingerprint density at radius 3 is 2.45 bits per heavy atom. The van der Waals surface area contributed by atoms with E-state index in [9.17, 15) is 13.2 Å². The lowest BCUT2D eigenvalue weighted by atomic mass is 10.3. The molecule has 0 spiro atoms. The average molecular weight is 341 g/mol. The van der Waals surface area contributed by atoms with Crippen molar-refractivity contribution in [1.29, 1.82) is 0 Å². The van der Waals surface area contributed by atoms with Gasteiger partial charge in [0.05, 0.1) is 11.3 Å². The molecule has 118 valence electrons. The van der Waals surface area contributed by atoms with E-state index in [1.807, 2.05) is 17.5 Å². The number of carbonyl (C=O) groups is 1. The van der Waals surface area contributed by atoms with Gasteiger partial charge in [0.25, 0.3) is 0 Å². The minimum atomic E-state index is -3.70. The van der Waals surface area contributed by atoms with Gasteiger partial charge in [0.15, 0.2) is 0 Å². The van der Waals surface area contributed by atoms with Crippen LogP contribution in [0.2, 0.25) is 0 Å². The van der Waals surface area contributed by atoms with Crippen LogP contribution in [-0.4, -0.2) is 27.6 Å². The van der Waals surface area contributed by atoms with Crippen LogP contribution in [0.1, 0.15) is 4.88 Å². The van der Waals surface area contributed by atoms with Crippen LogP contribution < -0.4 is 9.88 Å². The Bertz CT molecular complexity index is 708. The van der Waals surface area contributed by atoms with Crippen molar-refractivity contribution in [3.05, 3.63) is 46.7 Å². The highest BCUT2D eigenvalue weighted by Gasteiger charge is 2.08. The molecule has 0 fully saturated rings. The number of hydrogen-bond donors (Lipinski definition) is 1. The number of primary sulfonamides is 1. The number of hydrogen-bond acceptors (Lipinski definition) is 6. The van der Waals surface area contributed by atoms with Crippen LogP contribution in [0.4, 0.5) is 0 Å². The van der Waals surface area contributed by atoms with Crippen molar-refractivity contribution in [2.75, 3.05) is 13.2 Å². The van der Waals surface area contributed by atoms with Gasteiger partial charge in [-0.1, -0.05) is 6.07 Å². The van der Waals surface area contributed by atoms with Crippen molar-refractivity contribution < 1.29 is 22.7 Å². The number of nitrogens with two attached hydrogens (primary N) is 1. The summed E-state index contributed by atoms with van der Waals surface area (Å²) in [7, 11) is -3.70. The number of ether oxygens (including phenoxy) is 2. The number of sulfonamides is 1. The number of thiophene rings is 1. The van der Waals surface area contributed by atoms with Gasteiger partial charge < -0.3 is 9.47 Å². The zero-order chi connectivity index (χ0) is 16.0. The molecule has 0 atom stereocenters. The Hall–Kier alpha value is -1.90. The summed E-state index contributed by atoms with van der Waals surface area (Å²) in [5.74, 6) is 0.164. The molecule has 1 heterocycles. The molecule has 0 amide bonds. The predicted molar refractivity (Wildman–Crippen MR) is 82.3 cm³/mol. The Morgan fingerprint density at radius 2 is 1.86 bits per heavy atom. The smallest absolute Gasteiger partial charge is 0.311 e. The second-order valence-corrected chi connectivity index (χ2v) is 6.94. The van der Waals surface area contributed by atoms with E-state index in [1.165, 1.54) is 35.6 Å². The van der Waals surface area contributed by atoms with Crippen molar-refractivity contribution >= 4 is 27.3 Å². The highest BCUT2D eigenvalue weighted by molar-refractivity contribution is 7.89. The summed E-state index contributed by atoms with van der Waals surface area (Å²) in [5, 5.41) is 6.89. The highest BCUT2D eigenvalue weighted by atomic mass is 32.2. The third-order valence-corrected chi connectivity index (χ3v) is 4.47. The van der Waals surface area contributed by atoms with E-state index in [0.29, 0.717) is 5.75 Å². The molecule has 2 rings (SSSR count). The molecule has 1 aromatic carbocycles. The van der Waals surface area contributed by atoms with E-state index in [-0.39, 0.29) is 30.5 Å². The average Bonchev–Trinajstić information content (AvgIpc) is 2.96. The molecule has 0 aliphatic carbocycles. The predicted octanol–water partition coefficient (Wildman–Crippen LogP) is 1.56. The second-order valence-electron chi connectivity index (χ2n) is 4.34. The van der Waals surface area contributed by atoms with E-state index in [1.54, 1.807) is 0 Å². The number of rotatable bonds is 7. The number of benzene rings is 1. The van der Waals surface area contributed by atoms with Crippen LogP contribution in [0.15, 0.2) is 46.7 Å². The van der Waals surface area contributed by atoms with Crippen LogP contribution >= 0.6 is 11.3 Å². The molecule has 6 nitrogen and oxygen atoms in total. The summed E-state index contributed by atoms with van der Waals surface area (Å²) >= 11 is 1.50. The lowest BCUT2D eigenvalue weighted by Crippen LogP contribution is -2.14. The van der Waals surface area contributed by atoms with Crippen molar-refractivity contribution in [3.8, 4) is 5.75 Å². The molecule has 0 aliphatic rings. The van der Waals surface area contributed by atoms with Gasteiger partial charge in [0, 0.05) is 4.88 Å². The fourth-order valence-electron chi connectivity index (χ4n) is 1.65. The second kappa shape index (κ2) is 7.39. The molecule has 0 aliphatic heterocycles. The Balaban J connectivity index is 1.71. The molecule has 1 aromatic heterocycles. The Kier molecular flexibility index (Phi) is 5.53. The van der Waals surface area contributed by atoms with E-state index in [2.05, 4.69) is 0 Å². The normalized spacial score (nSPS) is 11.1. The summed E-state index contributed by atoms with van der Waals surface area (Å²) in [4.78, 5) is 12.5. The van der Waals surface area contributed by atoms with Gasteiger partial charge >= 0.3 is 5.97 Å². The molecular weight excluding hydrogens is 326 g/mol. The first kappa shape index (κ1) is 16.5.